The van der Waals surface area contributed by atoms with E-state index in [0.717, 1.165) is 22.1 Å². The van der Waals surface area contributed by atoms with Crippen molar-refractivity contribution in [1.29, 1.82) is 0 Å². The molecule has 0 heterocycles. The van der Waals surface area contributed by atoms with E-state index in [2.05, 4.69) is 5.32 Å². The normalized spacial score (nSPS) is 11.7. The number of hydrogen-bond donors (Lipinski definition) is 3. The van der Waals surface area contributed by atoms with Gasteiger partial charge in [0.15, 0.2) is 0 Å². The number of rotatable bonds is 5. The van der Waals surface area contributed by atoms with Gasteiger partial charge in [-0.1, -0.05) is 24.3 Å². The highest BCUT2D eigenvalue weighted by atomic mass is 16.5. The molecule has 0 aromatic heterocycles. The maximum Gasteiger partial charge on any atom is 0.274 e. The standard InChI is InChI=1S/C21H20N2O4/c1-13(14-4-3-5-19(12-14)27-2)22-20(24)17-8-6-16-11-18(21(25)23-26)9-7-15(16)10-17/h3-13,26H,1-2H3,(H,22,24)(H,23,25)/t13-/m0/s1. The lowest BCUT2D eigenvalue weighted by molar-refractivity contribution is 0.0706. The molecule has 6 heteroatoms. The molecular formula is C21H20N2O4. The average Bonchev–Trinajstić information content (AvgIpc) is 2.72. The lowest BCUT2D eigenvalue weighted by Gasteiger charge is -2.15. The van der Waals surface area contributed by atoms with Gasteiger partial charge in [0.1, 0.15) is 5.75 Å². The molecule has 2 amide bonds. The predicted octanol–water partition coefficient (Wildman–Crippen LogP) is 3.46. The van der Waals surface area contributed by atoms with Crippen molar-refractivity contribution in [2.24, 2.45) is 0 Å². The van der Waals surface area contributed by atoms with Crippen LogP contribution in [0.25, 0.3) is 10.8 Å². The number of methoxy groups -OCH3 is 1. The Hall–Kier alpha value is -3.38. The number of hydroxylamine groups is 1. The van der Waals surface area contributed by atoms with Gasteiger partial charge >= 0.3 is 0 Å². The van der Waals surface area contributed by atoms with E-state index < -0.39 is 5.91 Å². The highest BCUT2D eigenvalue weighted by Crippen LogP contribution is 2.21. The van der Waals surface area contributed by atoms with Gasteiger partial charge in [0, 0.05) is 11.1 Å². The number of ether oxygens (including phenoxy) is 1. The minimum atomic E-state index is -0.578. The molecule has 0 fully saturated rings. The summed E-state index contributed by atoms with van der Waals surface area (Å²) in [6.07, 6.45) is 0. The van der Waals surface area contributed by atoms with Gasteiger partial charge in [-0.3, -0.25) is 14.8 Å². The molecule has 3 rings (SSSR count). The minimum absolute atomic E-state index is 0.182. The van der Waals surface area contributed by atoms with Gasteiger partial charge < -0.3 is 10.1 Å². The van der Waals surface area contributed by atoms with Crippen molar-refractivity contribution < 1.29 is 19.5 Å². The molecule has 1 atom stereocenters. The molecule has 0 aliphatic heterocycles. The van der Waals surface area contributed by atoms with Crippen molar-refractivity contribution in [3.8, 4) is 5.75 Å². The maximum absolute atomic E-state index is 12.6. The van der Waals surface area contributed by atoms with Crippen LogP contribution in [0.3, 0.4) is 0 Å². The Balaban J connectivity index is 1.79. The van der Waals surface area contributed by atoms with Gasteiger partial charge in [-0.2, -0.15) is 0 Å². The summed E-state index contributed by atoms with van der Waals surface area (Å²) >= 11 is 0. The Kier molecular flexibility index (Phi) is 5.38. The first-order chi connectivity index (χ1) is 13.0. The van der Waals surface area contributed by atoms with Crippen LogP contribution in [-0.4, -0.2) is 24.1 Å². The molecule has 3 N–H and O–H groups in total. The summed E-state index contributed by atoms with van der Waals surface area (Å²) in [5.74, 6) is -0.0303. The van der Waals surface area contributed by atoms with Crippen molar-refractivity contribution in [1.82, 2.24) is 10.8 Å². The van der Waals surface area contributed by atoms with E-state index in [1.54, 1.807) is 49.0 Å². The summed E-state index contributed by atoms with van der Waals surface area (Å²) in [5.41, 5.74) is 3.42. The van der Waals surface area contributed by atoms with Crippen molar-refractivity contribution >= 4 is 22.6 Å². The van der Waals surface area contributed by atoms with Gasteiger partial charge in [-0.15, -0.1) is 0 Å². The monoisotopic (exact) mass is 364 g/mol. The quantitative estimate of drug-likeness (QED) is 0.478. The number of benzene rings is 3. The zero-order chi connectivity index (χ0) is 19.4. The van der Waals surface area contributed by atoms with Crippen LogP contribution < -0.4 is 15.5 Å². The first-order valence-corrected chi connectivity index (χ1v) is 8.45. The van der Waals surface area contributed by atoms with Gasteiger partial charge in [0.2, 0.25) is 0 Å². The van der Waals surface area contributed by atoms with Crippen molar-refractivity contribution in [3.05, 3.63) is 77.4 Å². The Labute approximate surface area is 156 Å². The Morgan fingerprint density at radius 3 is 2.15 bits per heavy atom. The van der Waals surface area contributed by atoms with E-state index in [1.165, 1.54) is 0 Å². The highest BCUT2D eigenvalue weighted by molar-refractivity contribution is 6.01. The average molecular weight is 364 g/mol. The van der Waals surface area contributed by atoms with Crippen molar-refractivity contribution in [3.63, 3.8) is 0 Å². The van der Waals surface area contributed by atoms with Gasteiger partial charge in [0.25, 0.3) is 11.8 Å². The van der Waals surface area contributed by atoms with Crippen LogP contribution in [0, 0.1) is 0 Å². The summed E-state index contributed by atoms with van der Waals surface area (Å²) in [4.78, 5) is 24.1. The zero-order valence-electron chi connectivity index (χ0n) is 15.0. The minimum Gasteiger partial charge on any atom is -0.497 e. The van der Waals surface area contributed by atoms with Crippen LogP contribution in [0.4, 0.5) is 0 Å². The number of carbonyl (C=O) groups is 2. The smallest absolute Gasteiger partial charge is 0.274 e. The fraction of sp³-hybridized carbons (Fsp3) is 0.143. The molecule has 0 saturated carbocycles. The molecule has 3 aromatic rings. The summed E-state index contributed by atoms with van der Waals surface area (Å²) in [5, 5.41) is 13.3. The molecule has 0 bridgehead atoms. The highest BCUT2D eigenvalue weighted by Gasteiger charge is 2.13. The Bertz CT molecular complexity index is 1000. The third-order valence-corrected chi connectivity index (χ3v) is 4.41. The number of carbonyl (C=O) groups excluding carboxylic acids is 2. The second kappa shape index (κ2) is 7.88. The first kappa shape index (κ1) is 18.4. The number of nitrogens with one attached hydrogen (secondary N) is 2. The number of fused-ring (bicyclic) bond motifs is 1. The van der Waals surface area contributed by atoms with Crippen LogP contribution in [-0.2, 0) is 0 Å². The van der Waals surface area contributed by atoms with E-state index in [0.29, 0.717) is 11.1 Å². The molecule has 3 aromatic carbocycles. The molecular weight excluding hydrogens is 344 g/mol. The number of amides is 2. The van der Waals surface area contributed by atoms with E-state index in [9.17, 15) is 9.59 Å². The van der Waals surface area contributed by atoms with Crippen LogP contribution in [0.1, 0.15) is 39.2 Å². The molecule has 27 heavy (non-hydrogen) atoms. The lowest BCUT2D eigenvalue weighted by atomic mass is 10.0. The molecule has 0 unspecified atom stereocenters. The molecule has 6 nitrogen and oxygen atoms in total. The van der Waals surface area contributed by atoms with Gasteiger partial charge in [-0.05, 0) is 59.7 Å². The molecule has 0 radical (unpaired) electrons. The molecule has 0 saturated heterocycles. The van der Waals surface area contributed by atoms with Crippen LogP contribution in [0.5, 0.6) is 5.75 Å². The second-order valence-electron chi connectivity index (χ2n) is 6.19. The SMILES string of the molecule is COc1cccc([C@H](C)NC(=O)c2ccc3cc(C(=O)NO)ccc3c2)c1. The summed E-state index contributed by atoms with van der Waals surface area (Å²) in [6, 6.07) is 17.6. The fourth-order valence-electron chi connectivity index (χ4n) is 2.87. The maximum atomic E-state index is 12.6. The van der Waals surface area contributed by atoms with Gasteiger partial charge in [-0.25, -0.2) is 5.48 Å². The third-order valence-electron chi connectivity index (χ3n) is 4.41. The van der Waals surface area contributed by atoms with Crippen molar-refractivity contribution in [2.75, 3.05) is 7.11 Å². The van der Waals surface area contributed by atoms with Crippen LogP contribution in [0.2, 0.25) is 0 Å². The van der Waals surface area contributed by atoms with E-state index >= 15 is 0 Å². The Morgan fingerprint density at radius 2 is 1.56 bits per heavy atom. The largest absolute Gasteiger partial charge is 0.497 e. The van der Waals surface area contributed by atoms with E-state index in [-0.39, 0.29) is 11.9 Å². The van der Waals surface area contributed by atoms with Crippen LogP contribution >= 0.6 is 0 Å². The third kappa shape index (κ3) is 4.07. The molecule has 0 aliphatic carbocycles. The summed E-state index contributed by atoms with van der Waals surface area (Å²) in [7, 11) is 1.60. The fourth-order valence-corrected chi connectivity index (χ4v) is 2.87. The molecule has 0 aliphatic rings. The zero-order valence-corrected chi connectivity index (χ0v) is 15.0. The summed E-state index contributed by atoms with van der Waals surface area (Å²) < 4.78 is 5.22. The predicted molar refractivity (Wildman–Crippen MR) is 102 cm³/mol. The van der Waals surface area contributed by atoms with E-state index in [4.69, 9.17) is 9.94 Å². The van der Waals surface area contributed by atoms with Crippen LogP contribution in [0.15, 0.2) is 60.7 Å². The second-order valence-corrected chi connectivity index (χ2v) is 6.19. The van der Waals surface area contributed by atoms with E-state index in [1.807, 2.05) is 31.2 Å². The van der Waals surface area contributed by atoms with Crippen molar-refractivity contribution in [2.45, 2.75) is 13.0 Å². The van der Waals surface area contributed by atoms with Gasteiger partial charge in [0.05, 0.1) is 13.2 Å². The lowest BCUT2D eigenvalue weighted by Crippen LogP contribution is -2.26. The Morgan fingerprint density at radius 1 is 0.926 bits per heavy atom. The molecule has 138 valence electrons. The first-order valence-electron chi connectivity index (χ1n) is 8.45. The topological polar surface area (TPSA) is 87.7 Å². The molecule has 0 spiro atoms. The summed E-state index contributed by atoms with van der Waals surface area (Å²) in [6.45, 7) is 1.91. The number of hydrogen-bond acceptors (Lipinski definition) is 4.